The molecule has 2 fully saturated rings. The lowest BCUT2D eigenvalue weighted by atomic mass is 10.1. The lowest BCUT2D eigenvalue weighted by molar-refractivity contribution is 0.0915. The number of carbonyl (C=O) groups is 2. The number of methoxy groups -OCH3 is 3. The average Bonchev–Trinajstić information content (AvgIpc) is 3.26. The lowest BCUT2D eigenvalue weighted by Crippen LogP contribution is -2.37. The van der Waals surface area contributed by atoms with E-state index in [2.05, 4.69) is 5.32 Å². The summed E-state index contributed by atoms with van der Waals surface area (Å²) in [4.78, 5) is 28.4. The molecule has 35 heavy (non-hydrogen) atoms. The molecule has 2 aliphatic heterocycles. The Kier molecular flexibility index (Phi) is 7.45. The Balaban J connectivity index is 1.39. The summed E-state index contributed by atoms with van der Waals surface area (Å²) in [6.45, 7) is 2.55. The van der Waals surface area contributed by atoms with Crippen molar-refractivity contribution in [2.24, 2.45) is 0 Å². The van der Waals surface area contributed by atoms with Crippen molar-refractivity contribution in [1.82, 2.24) is 5.32 Å². The summed E-state index contributed by atoms with van der Waals surface area (Å²) in [6.07, 6.45) is -1.20. The van der Waals surface area contributed by atoms with E-state index in [0.717, 1.165) is 0 Å². The third-order valence-corrected chi connectivity index (χ3v) is 5.89. The van der Waals surface area contributed by atoms with Crippen molar-refractivity contribution in [3.63, 3.8) is 0 Å². The van der Waals surface area contributed by atoms with Crippen molar-refractivity contribution in [3.05, 3.63) is 41.7 Å². The van der Waals surface area contributed by atoms with Crippen LogP contribution in [-0.4, -0.2) is 78.8 Å². The molecular weight excluding hydrogens is 461 g/mol. The molecule has 0 aromatic heterocycles. The van der Waals surface area contributed by atoms with E-state index < -0.39 is 23.9 Å². The summed E-state index contributed by atoms with van der Waals surface area (Å²) < 4.78 is 41.3. The zero-order valence-corrected chi connectivity index (χ0v) is 19.8. The van der Waals surface area contributed by atoms with E-state index in [1.165, 1.54) is 44.4 Å². The van der Waals surface area contributed by atoms with Gasteiger partial charge in [0.05, 0.1) is 59.0 Å². The van der Waals surface area contributed by atoms with E-state index in [9.17, 15) is 14.0 Å². The Bertz CT molecular complexity index is 1070. The van der Waals surface area contributed by atoms with Gasteiger partial charge in [0.2, 0.25) is 5.75 Å². The van der Waals surface area contributed by atoms with Gasteiger partial charge in [-0.25, -0.2) is 9.18 Å². The van der Waals surface area contributed by atoms with E-state index in [0.29, 0.717) is 60.5 Å². The number of cyclic esters (lactones) is 1. The van der Waals surface area contributed by atoms with Crippen LogP contribution in [0.5, 0.6) is 17.2 Å². The molecule has 10 nitrogen and oxygen atoms in total. The zero-order valence-electron chi connectivity index (χ0n) is 19.8. The first-order valence-electron chi connectivity index (χ1n) is 11.1. The van der Waals surface area contributed by atoms with Gasteiger partial charge in [-0.15, -0.1) is 0 Å². The maximum absolute atomic E-state index is 14.8. The summed E-state index contributed by atoms with van der Waals surface area (Å²) in [7, 11) is 4.39. The first-order valence-corrected chi connectivity index (χ1v) is 11.1. The summed E-state index contributed by atoms with van der Waals surface area (Å²) in [5, 5.41) is 2.75. The van der Waals surface area contributed by atoms with E-state index >= 15 is 0 Å². The van der Waals surface area contributed by atoms with E-state index in [-0.39, 0.29) is 13.1 Å². The molecule has 2 aromatic carbocycles. The fourth-order valence-corrected chi connectivity index (χ4v) is 4.08. The summed E-state index contributed by atoms with van der Waals surface area (Å²) in [6, 6.07) is 7.72. The van der Waals surface area contributed by atoms with Gasteiger partial charge in [0.25, 0.3) is 5.91 Å². The molecule has 1 N–H and O–H groups in total. The number of rotatable bonds is 8. The molecule has 0 radical (unpaired) electrons. The molecular formula is C24H28FN3O7. The van der Waals surface area contributed by atoms with Gasteiger partial charge in [-0.2, -0.15) is 0 Å². The summed E-state index contributed by atoms with van der Waals surface area (Å²) in [5.74, 6) is 0.242. The number of halogens is 1. The molecule has 0 bridgehead atoms. The van der Waals surface area contributed by atoms with Gasteiger partial charge in [0, 0.05) is 18.7 Å². The third-order valence-electron chi connectivity index (χ3n) is 5.89. The second-order valence-electron chi connectivity index (χ2n) is 7.98. The van der Waals surface area contributed by atoms with Crippen LogP contribution >= 0.6 is 0 Å². The van der Waals surface area contributed by atoms with E-state index in [4.69, 9.17) is 23.7 Å². The molecule has 1 atom stereocenters. The molecule has 0 saturated carbocycles. The van der Waals surface area contributed by atoms with Gasteiger partial charge in [-0.05, 0) is 30.3 Å². The fourth-order valence-electron chi connectivity index (χ4n) is 4.08. The SMILES string of the molecule is COc1cc(C(=O)NC[C@H]2CN(c3ccc(N4CCOCC4)c(F)c3)C(=O)O2)cc(OC)c1OC. The quantitative estimate of drug-likeness (QED) is 0.604. The van der Waals surface area contributed by atoms with Crippen LogP contribution in [0.4, 0.5) is 20.6 Å². The normalized spacial score (nSPS) is 17.7. The molecule has 2 aromatic rings. The second kappa shape index (κ2) is 10.7. The number of carbonyl (C=O) groups excluding carboxylic acids is 2. The van der Waals surface area contributed by atoms with E-state index in [1.54, 1.807) is 12.1 Å². The molecule has 2 amide bonds. The number of anilines is 2. The van der Waals surface area contributed by atoms with Crippen LogP contribution in [0.2, 0.25) is 0 Å². The van der Waals surface area contributed by atoms with Crippen molar-refractivity contribution in [3.8, 4) is 17.2 Å². The van der Waals surface area contributed by atoms with Crippen LogP contribution < -0.4 is 29.3 Å². The van der Waals surface area contributed by atoms with Crippen molar-refractivity contribution >= 4 is 23.4 Å². The molecule has 2 heterocycles. The topological polar surface area (TPSA) is 98.8 Å². The molecule has 0 spiro atoms. The highest BCUT2D eigenvalue weighted by atomic mass is 19.1. The number of hydrogen-bond donors (Lipinski definition) is 1. The number of hydrogen-bond acceptors (Lipinski definition) is 8. The van der Waals surface area contributed by atoms with Crippen LogP contribution in [-0.2, 0) is 9.47 Å². The van der Waals surface area contributed by atoms with E-state index in [1.807, 2.05) is 4.90 Å². The smallest absolute Gasteiger partial charge is 0.414 e. The van der Waals surface area contributed by atoms with Crippen molar-refractivity contribution in [1.29, 1.82) is 0 Å². The maximum atomic E-state index is 14.8. The van der Waals surface area contributed by atoms with Crippen molar-refractivity contribution in [2.75, 3.05) is 70.5 Å². The number of morpholine rings is 1. The number of amides is 2. The molecule has 11 heteroatoms. The van der Waals surface area contributed by atoms with Gasteiger partial charge in [0.1, 0.15) is 11.9 Å². The minimum absolute atomic E-state index is 0.0755. The third kappa shape index (κ3) is 5.19. The molecule has 0 aliphatic carbocycles. The maximum Gasteiger partial charge on any atom is 0.414 e. The van der Waals surface area contributed by atoms with Crippen LogP contribution in [0.25, 0.3) is 0 Å². The molecule has 4 rings (SSSR count). The zero-order chi connectivity index (χ0) is 24.9. The predicted molar refractivity (Wildman–Crippen MR) is 125 cm³/mol. The monoisotopic (exact) mass is 489 g/mol. The van der Waals surface area contributed by atoms with Crippen molar-refractivity contribution < 1.29 is 37.7 Å². The summed E-state index contributed by atoms with van der Waals surface area (Å²) in [5.41, 5.74) is 1.16. The van der Waals surface area contributed by atoms with Crippen LogP contribution in [0.15, 0.2) is 30.3 Å². The first kappa shape index (κ1) is 24.4. The minimum Gasteiger partial charge on any atom is -0.493 e. The highest BCUT2D eigenvalue weighted by molar-refractivity contribution is 5.96. The first-order chi connectivity index (χ1) is 16.9. The number of nitrogens with zero attached hydrogens (tertiary/aromatic N) is 2. The van der Waals surface area contributed by atoms with Crippen molar-refractivity contribution in [2.45, 2.75) is 6.10 Å². The Morgan fingerprint density at radius 1 is 1.09 bits per heavy atom. The number of nitrogens with one attached hydrogen (secondary N) is 1. The number of benzene rings is 2. The molecule has 0 unspecified atom stereocenters. The van der Waals surface area contributed by atoms with Gasteiger partial charge in [0.15, 0.2) is 11.5 Å². The fraction of sp³-hybridized carbons (Fsp3) is 0.417. The van der Waals surface area contributed by atoms with Crippen LogP contribution in [0.1, 0.15) is 10.4 Å². The Morgan fingerprint density at radius 3 is 2.37 bits per heavy atom. The molecule has 2 aliphatic rings. The molecule has 2 saturated heterocycles. The highest BCUT2D eigenvalue weighted by Crippen LogP contribution is 2.38. The minimum atomic E-state index is -0.601. The predicted octanol–water partition coefficient (Wildman–Crippen LogP) is 2.44. The number of ether oxygens (including phenoxy) is 5. The highest BCUT2D eigenvalue weighted by Gasteiger charge is 2.33. The Hall–Kier alpha value is -3.73. The van der Waals surface area contributed by atoms with Crippen LogP contribution in [0.3, 0.4) is 0 Å². The standard InChI is InChI=1S/C24H28FN3O7/c1-31-20-10-15(11-21(32-2)22(20)33-3)23(29)26-13-17-14-28(24(30)35-17)16-4-5-19(18(25)12-16)27-6-8-34-9-7-27/h4-5,10-12,17H,6-9,13-14H2,1-3H3,(H,26,29)/t17-/m0/s1. The Morgan fingerprint density at radius 2 is 1.77 bits per heavy atom. The van der Waals surface area contributed by atoms with Gasteiger partial charge in [-0.1, -0.05) is 0 Å². The Labute approximate surface area is 202 Å². The summed E-state index contributed by atoms with van der Waals surface area (Å²) >= 11 is 0. The lowest BCUT2D eigenvalue weighted by Gasteiger charge is -2.29. The van der Waals surface area contributed by atoms with Gasteiger partial charge >= 0.3 is 6.09 Å². The van der Waals surface area contributed by atoms with Gasteiger partial charge < -0.3 is 33.9 Å². The largest absolute Gasteiger partial charge is 0.493 e. The molecule has 188 valence electrons. The second-order valence-corrected chi connectivity index (χ2v) is 7.98. The van der Waals surface area contributed by atoms with Crippen LogP contribution in [0, 0.1) is 5.82 Å². The van der Waals surface area contributed by atoms with Gasteiger partial charge in [-0.3, -0.25) is 9.69 Å². The average molecular weight is 490 g/mol.